The molecular weight excluding hydrogens is 454 g/mol. The highest BCUT2D eigenvalue weighted by atomic mass is 79.9. The quantitative estimate of drug-likeness (QED) is 0.299. The van der Waals surface area contributed by atoms with Crippen molar-refractivity contribution in [1.82, 2.24) is 0 Å². The van der Waals surface area contributed by atoms with Gasteiger partial charge in [-0.25, -0.2) is 0 Å². The van der Waals surface area contributed by atoms with Crippen LogP contribution in [0.4, 0.5) is 11.4 Å². The van der Waals surface area contributed by atoms with Crippen molar-refractivity contribution in [3.8, 4) is 6.07 Å². The Balaban J connectivity index is 2.27. The van der Waals surface area contributed by atoms with E-state index in [0.29, 0.717) is 20.2 Å². The number of amides is 1. The number of nitrogens with zero attached hydrogens (tertiary/aromatic N) is 2. The summed E-state index contributed by atoms with van der Waals surface area (Å²) in [4.78, 5) is 22.5. The number of aryl methyl sites for hydroxylation is 1. The number of non-ortho nitro benzene ring substituents is 1. The molecule has 6 nitrogen and oxygen atoms in total. The molecule has 0 aliphatic carbocycles. The lowest BCUT2D eigenvalue weighted by atomic mass is 10.1. The third kappa shape index (κ3) is 4.75. The summed E-state index contributed by atoms with van der Waals surface area (Å²) in [7, 11) is 0. The van der Waals surface area contributed by atoms with Gasteiger partial charge in [0.15, 0.2) is 0 Å². The molecule has 126 valence electrons. The van der Waals surface area contributed by atoms with Crippen LogP contribution in [0.15, 0.2) is 50.9 Å². The van der Waals surface area contributed by atoms with E-state index in [9.17, 15) is 20.2 Å². The molecule has 0 radical (unpaired) electrons. The third-order valence-corrected chi connectivity index (χ3v) is 4.46. The number of nitrogens with one attached hydrogen (secondary N) is 1. The van der Waals surface area contributed by atoms with Crippen molar-refractivity contribution in [2.45, 2.75) is 6.92 Å². The first kappa shape index (κ1) is 18.8. The van der Waals surface area contributed by atoms with Gasteiger partial charge in [-0.3, -0.25) is 14.9 Å². The molecule has 2 rings (SSSR count). The van der Waals surface area contributed by atoms with Crippen LogP contribution >= 0.6 is 31.9 Å². The number of nitro groups is 1. The van der Waals surface area contributed by atoms with Crippen molar-refractivity contribution >= 4 is 55.2 Å². The summed E-state index contributed by atoms with van der Waals surface area (Å²) in [5.41, 5.74) is 1.85. The largest absolute Gasteiger partial charge is 0.319 e. The first-order valence-electron chi connectivity index (χ1n) is 6.95. The average molecular weight is 465 g/mol. The predicted octanol–water partition coefficient (Wildman–Crippen LogP) is 4.97. The van der Waals surface area contributed by atoms with Crippen molar-refractivity contribution < 1.29 is 9.72 Å². The van der Waals surface area contributed by atoms with Crippen LogP contribution in [0.3, 0.4) is 0 Å². The number of halogens is 2. The molecule has 2 aromatic carbocycles. The van der Waals surface area contributed by atoms with Gasteiger partial charge >= 0.3 is 0 Å². The molecule has 0 aliphatic rings. The Morgan fingerprint density at radius 1 is 1.24 bits per heavy atom. The SMILES string of the molecule is Cc1cc(Br)c(NC(=O)/C(C#N)=C/c2ccc([N+](=O)[O-])cc2)c(Br)c1. The van der Waals surface area contributed by atoms with Crippen LogP contribution in [0.25, 0.3) is 6.08 Å². The van der Waals surface area contributed by atoms with E-state index in [1.165, 1.54) is 30.3 Å². The number of hydrogen-bond acceptors (Lipinski definition) is 4. The van der Waals surface area contributed by atoms with E-state index in [4.69, 9.17) is 0 Å². The third-order valence-electron chi connectivity index (χ3n) is 3.20. The zero-order valence-electron chi connectivity index (χ0n) is 12.9. The number of nitro benzene ring substituents is 1. The number of anilines is 1. The molecule has 0 aliphatic heterocycles. The zero-order valence-corrected chi connectivity index (χ0v) is 16.1. The van der Waals surface area contributed by atoms with Crippen LogP contribution in [-0.4, -0.2) is 10.8 Å². The number of nitriles is 1. The first-order chi connectivity index (χ1) is 11.8. The van der Waals surface area contributed by atoms with Crippen molar-refractivity contribution in [2.24, 2.45) is 0 Å². The van der Waals surface area contributed by atoms with Gasteiger partial charge in [0.2, 0.25) is 0 Å². The molecular formula is C17H11Br2N3O3. The minimum atomic E-state index is -0.578. The summed E-state index contributed by atoms with van der Waals surface area (Å²) in [5.74, 6) is -0.578. The minimum absolute atomic E-state index is 0.0624. The maximum Gasteiger partial charge on any atom is 0.269 e. The molecule has 0 fully saturated rings. The second-order valence-corrected chi connectivity index (χ2v) is 6.78. The fourth-order valence-electron chi connectivity index (χ4n) is 2.01. The highest BCUT2D eigenvalue weighted by Gasteiger charge is 2.14. The second kappa shape index (κ2) is 8.05. The summed E-state index contributed by atoms with van der Waals surface area (Å²) < 4.78 is 1.36. The van der Waals surface area contributed by atoms with Crippen LogP contribution in [0.1, 0.15) is 11.1 Å². The Kier molecular flexibility index (Phi) is 6.07. The van der Waals surface area contributed by atoms with Crippen LogP contribution in [0.2, 0.25) is 0 Å². The van der Waals surface area contributed by atoms with E-state index in [1.807, 2.05) is 25.1 Å². The molecule has 0 unspecified atom stereocenters. The van der Waals surface area contributed by atoms with Crippen molar-refractivity contribution in [1.29, 1.82) is 5.26 Å². The maximum absolute atomic E-state index is 12.4. The Labute approximate surface area is 160 Å². The molecule has 1 amide bonds. The van der Waals surface area contributed by atoms with Gasteiger partial charge in [0.05, 0.1) is 10.6 Å². The van der Waals surface area contributed by atoms with Crippen molar-refractivity contribution in [2.75, 3.05) is 5.32 Å². The fourth-order valence-corrected chi connectivity index (χ4v) is 3.62. The standard InChI is InChI=1S/C17H11Br2N3O3/c1-10-6-14(18)16(15(19)7-10)21-17(23)12(9-20)8-11-2-4-13(5-3-11)22(24)25/h2-8H,1H3,(H,21,23)/b12-8+. The monoisotopic (exact) mass is 463 g/mol. The summed E-state index contributed by atoms with van der Waals surface area (Å²) in [6.45, 7) is 1.91. The van der Waals surface area contributed by atoms with Gasteiger partial charge in [-0.15, -0.1) is 0 Å². The molecule has 0 spiro atoms. The Morgan fingerprint density at radius 3 is 2.28 bits per heavy atom. The molecule has 0 heterocycles. The van der Waals surface area contributed by atoms with Gasteiger partial charge < -0.3 is 5.32 Å². The van der Waals surface area contributed by atoms with E-state index in [-0.39, 0.29) is 11.3 Å². The van der Waals surface area contributed by atoms with E-state index >= 15 is 0 Å². The Bertz CT molecular complexity index is 893. The Hall–Kier alpha value is -2.50. The summed E-state index contributed by atoms with van der Waals surface area (Å²) in [6.07, 6.45) is 1.37. The van der Waals surface area contributed by atoms with E-state index in [1.54, 1.807) is 0 Å². The molecule has 0 aromatic heterocycles. The zero-order chi connectivity index (χ0) is 18.6. The van der Waals surface area contributed by atoms with Gasteiger partial charge in [-0.1, -0.05) is 0 Å². The molecule has 0 bridgehead atoms. The van der Waals surface area contributed by atoms with Crippen LogP contribution < -0.4 is 5.32 Å². The summed E-state index contributed by atoms with van der Waals surface area (Å²) >= 11 is 6.75. The lowest BCUT2D eigenvalue weighted by Crippen LogP contribution is -2.14. The highest BCUT2D eigenvalue weighted by Crippen LogP contribution is 2.32. The van der Waals surface area contributed by atoms with Gasteiger partial charge in [0.1, 0.15) is 11.6 Å². The minimum Gasteiger partial charge on any atom is -0.319 e. The smallest absolute Gasteiger partial charge is 0.269 e. The normalized spacial score (nSPS) is 10.9. The number of hydrogen-bond donors (Lipinski definition) is 1. The summed E-state index contributed by atoms with van der Waals surface area (Å²) in [5, 5.41) is 22.6. The lowest BCUT2D eigenvalue weighted by molar-refractivity contribution is -0.384. The summed E-state index contributed by atoms with van der Waals surface area (Å²) in [6, 6.07) is 11.1. The molecule has 25 heavy (non-hydrogen) atoms. The van der Waals surface area contributed by atoms with Crippen LogP contribution in [0, 0.1) is 28.4 Å². The molecule has 0 saturated heterocycles. The van der Waals surface area contributed by atoms with Gasteiger partial charge in [-0.2, -0.15) is 5.26 Å². The van der Waals surface area contributed by atoms with Gasteiger partial charge in [0, 0.05) is 21.1 Å². The van der Waals surface area contributed by atoms with Crippen molar-refractivity contribution in [3.63, 3.8) is 0 Å². The first-order valence-corrected chi connectivity index (χ1v) is 8.53. The number of benzene rings is 2. The highest BCUT2D eigenvalue weighted by molar-refractivity contribution is 9.11. The average Bonchev–Trinajstić information content (AvgIpc) is 2.56. The lowest BCUT2D eigenvalue weighted by Gasteiger charge is -2.10. The number of carbonyl (C=O) groups is 1. The van der Waals surface area contributed by atoms with Gasteiger partial charge in [-0.05, 0) is 80.3 Å². The topological polar surface area (TPSA) is 96.0 Å². The van der Waals surface area contributed by atoms with E-state index in [0.717, 1.165) is 5.56 Å². The predicted molar refractivity (Wildman–Crippen MR) is 102 cm³/mol. The molecule has 8 heteroatoms. The number of carbonyl (C=O) groups excluding carboxylic acids is 1. The van der Waals surface area contributed by atoms with Crippen LogP contribution in [-0.2, 0) is 4.79 Å². The molecule has 0 atom stereocenters. The fraction of sp³-hybridized carbons (Fsp3) is 0.0588. The van der Waals surface area contributed by atoms with Crippen LogP contribution in [0.5, 0.6) is 0 Å². The molecule has 0 saturated carbocycles. The Morgan fingerprint density at radius 2 is 1.80 bits per heavy atom. The maximum atomic E-state index is 12.4. The second-order valence-electron chi connectivity index (χ2n) is 5.08. The van der Waals surface area contributed by atoms with E-state index in [2.05, 4.69) is 37.2 Å². The van der Waals surface area contributed by atoms with E-state index < -0.39 is 10.8 Å². The molecule has 2 aromatic rings. The van der Waals surface area contributed by atoms with Gasteiger partial charge in [0.25, 0.3) is 11.6 Å². The number of rotatable bonds is 4. The van der Waals surface area contributed by atoms with Crippen molar-refractivity contribution in [3.05, 3.63) is 72.2 Å². The molecule has 1 N–H and O–H groups in total.